The fraction of sp³-hybridized carbons (Fsp3) is 0.250. The van der Waals surface area contributed by atoms with Crippen molar-refractivity contribution in [1.29, 1.82) is 5.26 Å². The number of hydrogen-bond donors (Lipinski definition) is 2. The number of rotatable bonds is 2. The third-order valence-electron chi connectivity index (χ3n) is 1.54. The van der Waals surface area contributed by atoms with Crippen molar-refractivity contribution in [1.82, 2.24) is 4.98 Å². The number of nitriles is 1. The van der Waals surface area contributed by atoms with E-state index in [1.54, 1.807) is 24.4 Å². The van der Waals surface area contributed by atoms with Gasteiger partial charge in [0.05, 0.1) is 6.07 Å². The van der Waals surface area contributed by atoms with Gasteiger partial charge in [0.25, 0.3) is 0 Å². The highest BCUT2D eigenvalue weighted by Crippen LogP contribution is 2.22. The molecule has 68 valence electrons. The van der Waals surface area contributed by atoms with Crippen molar-refractivity contribution in [2.75, 3.05) is 0 Å². The molecule has 2 N–H and O–H groups in total. The predicted molar refractivity (Wildman–Crippen MR) is 48.5 cm³/mol. The van der Waals surface area contributed by atoms with E-state index in [9.17, 15) is 5.11 Å². The van der Waals surface area contributed by atoms with Gasteiger partial charge in [0.2, 0.25) is 0 Å². The number of aliphatic hydroxyl groups excluding tert-OH is 2. The quantitative estimate of drug-likeness (QED) is 0.593. The van der Waals surface area contributed by atoms with Crippen LogP contribution < -0.4 is 0 Å². The van der Waals surface area contributed by atoms with E-state index >= 15 is 0 Å². The van der Waals surface area contributed by atoms with Gasteiger partial charge >= 0.3 is 0 Å². The van der Waals surface area contributed by atoms with Crippen LogP contribution in [0.2, 0.25) is 0 Å². The van der Waals surface area contributed by atoms with Gasteiger partial charge in [0.15, 0.2) is 6.10 Å². The average Bonchev–Trinajstić information content (AvgIpc) is 2.16. The van der Waals surface area contributed by atoms with Crippen LogP contribution in [0.25, 0.3) is 0 Å². The van der Waals surface area contributed by atoms with E-state index in [2.05, 4.69) is 20.9 Å². The van der Waals surface area contributed by atoms with Gasteiger partial charge in [-0.2, -0.15) is 5.26 Å². The van der Waals surface area contributed by atoms with Crippen LogP contribution in [-0.4, -0.2) is 21.3 Å². The molecule has 0 saturated heterocycles. The summed E-state index contributed by atoms with van der Waals surface area (Å²) < 4.78 is 0.428. The average molecular weight is 243 g/mol. The van der Waals surface area contributed by atoms with Crippen molar-refractivity contribution in [3.63, 3.8) is 0 Å². The Kier molecular flexibility index (Phi) is 3.37. The van der Waals surface area contributed by atoms with E-state index < -0.39 is 12.2 Å². The summed E-state index contributed by atoms with van der Waals surface area (Å²) in [5.41, 5.74) is 0.400. The third-order valence-corrected chi connectivity index (χ3v) is 2.20. The summed E-state index contributed by atoms with van der Waals surface area (Å²) in [4.78, 5) is 3.85. The highest BCUT2D eigenvalue weighted by Gasteiger charge is 2.19. The lowest BCUT2D eigenvalue weighted by molar-refractivity contribution is 0.0520. The molecule has 0 aliphatic carbocycles. The van der Waals surface area contributed by atoms with Crippen molar-refractivity contribution >= 4 is 15.9 Å². The molecule has 0 aromatic carbocycles. The molecule has 0 bridgehead atoms. The zero-order valence-electron chi connectivity index (χ0n) is 6.55. The molecule has 0 aliphatic rings. The summed E-state index contributed by atoms with van der Waals surface area (Å²) in [7, 11) is 0. The van der Waals surface area contributed by atoms with E-state index in [0.717, 1.165) is 0 Å². The lowest BCUT2D eigenvalue weighted by Gasteiger charge is -2.12. The van der Waals surface area contributed by atoms with Crippen LogP contribution in [0.1, 0.15) is 11.7 Å². The van der Waals surface area contributed by atoms with Gasteiger partial charge in [-0.15, -0.1) is 0 Å². The maximum Gasteiger partial charge on any atom is 0.170 e. The molecule has 0 amide bonds. The lowest BCUT2D eigenvalue weighted by atomic mass is 10.1. The number of halogens is 1. The minimum Gasteiger partial charge on any atom is -0.384 e. The van der Waals surface area contributed by atoms with Gasteiger partial charge in [0, 0.05) is 11.8 Å². The normalized spacial score (nSPS) is 14.6. The molecule has 0 aliphatic heterocycles. The number of aromatic nitrogens is 1. The zero-order chi connectivity index (χ0) is 9.84. The minimum absolute atomic E-state index is 0.400. The minimum atomic E-state index is -1.43. The zero-order valence-corrected chi connectivity index (χ0v) is 8.14. The molecule has 0 spiro atoms. The van der Waals surface area contributed by atoms with E-state index in [0.29, 0.717) is 10.2 Å². The third kappa shape index (κ3) is 2.25. The number of pyridine rings is 1. The molecule has 5 heteroatoms. The van der Waals surface area contributed by atoms with Crippen LogP contribution in [0.3, 0.4) is 0 Å². The Morgan fingerprint density at radius 3 is 2.77 bits per heavy atom. The van der Waals surface area contributed by atoms with E-state index in [1.165, 1.54) is 0 Å². The van der Waals surface area contributed by atoms with Crippen molar-refractivity contribution in [3.05, 3.63) is 28.5 Å². The highest BCUT2D eigenvalue weighted by atomic mass is 79.9. The Hall–Kier alpha value is -0.960. The summed E-state index contributed by atoms with van der Waals surface area (Å²) in [5, 5.41) is 26.8. The summed E-state index contributed by atoms with van der Waals surface area (Å²) >= 11 is 3.10. The van der Waals surface area contributed by atoms with Gasteiger partial charge in [-0.25, -0.2) is 4.98 Å². The Morgan fingerprint density at radius 1 is 1.54 bits per heavy atom. The molecule has 2 atom stereocenters. The number of nitrogens with zero attached hydrogens (tertiary/aromatic N) is 2. The molecule has 1 aromatic rings. The second-order valence-corrected chi connectivity index (χ2v) is 3.15. The van der Waals surface area contributed by atoms with Crippen LogP contribution >= 0.6 is 15.9 Å². The smallest absolute Gasteiger partial charge is 0.170 e. The molecule has 0 fully saturated rings. The SMILES string of the molecule is N#CC(O)C(O)c1cccnc1Br. The van der Waals surface area contributed by atoms with Crippen molar-refractivity contribution in [3.8, 4) is 6.07 Å². The summed E-state index contributed by atoms with van der Waals surface area (Å²) in [6.07, 6.45) is -1.12. The molecular formula is C8H7BrN2O2. The molecule has 0 radical (unpaired) electrons. The van der Waals surface area contributed by atoms with Gasteiger partial charge in [-0.3, -0.25) is 0 Å². The molecule has 4 nitrogen and oxygen atoms in total. The second-order valence-electron chi connectivity index (χ2n) is 2.40. The van der Waals surface area contributed by atoms with E-state index in [-0.39, 0.29) is 0 Å². The number of hydrogen-bond acceptors (Lipinski definition) is 4. The van der Waals surface area contributed by atoms with E-state index in [1.807, 2.05) is 0 Å². The van der Waals surface area contributed by atoms with Crippen LogP contribution in [0.5, 0.6) is 0 Å². The second kappa shape index (κ2) is 4.33. The predicted octanol–water partition coefficient (Wildman–Crippen LogP) is 0.762. The Labute approximate surface area is 83.6 Å². The maximum atomic E-state index is 9.43. The monoisotopic (exact) mass is 242 g/mol. The van der Waals surface area contributed by atoms with Gasteiger partial charge in [-0.1, -0.05) is 6.07 Å². The van der Waals surface area contributed by atoms with Crippen LogP contribution in [0, 0.1) is 11.3 Å². The lowest BCUT2D eigenvalue weighted by Crippen LogP contribution is -2.16. The first-order valence-corrected chi connectivity index (χ1v) is 4.32. The molecule has 1 rings (SSSR count). The standard InChI is InChI=1S/C8H7BrN2O2/c9-8-5(2-1-3-11-8)7(13)6(12)4-10/h1-3,6-7,12-13H. The fourth-order valence-corrected chi connectivity index (χ4v) is 1.34. The molecular weight excluding hydrogens is 236 g/mol. The van der Waals surface area contributed by atoms with Gasteiger partial charge < -0.3 is 10.2 Å². The van der Waals surface area contributed by atoms with Crippen LogP contribution in [0.15, 0.2) is 22.9 Å². The molecule has 1 aromatic heterocycles. The van der Waals surface area contributed by atoms with Gasteiger partial charge in [0.1, 0.15) is 10.7 Å². The first-order chi connectivity index (χ1) is 6.16. The first-order valence-electron chi connectivity index (χ1n) is 3.53. The molecule has 2 unspecified atom stereocenters. The Bertz CT molecular complexity index is 337. The summed E-state index contributed by atoms with van der Waals surface area (Å²) in [5.74, 6) is 0. The maximum absolute atomic E-state index is 9.43. The topological polar surface area (TPSA) is 77.1 Å². The summed E-state index contributed by atoms with van der Waals surface area (Å²) in [6, 6.07) is 4.75. The fourth-order valence-electron chi connectivity index (χ4n) is 0.860. The largest absolute Gasteiger partial charge is 0.384 e. The van der Waals surface area contributed by atoms with E-state index in [4.69, 9.17) is 10.4 Å². The number of aliphatic hydroxyl groups is 2. The molecule has 13 heavy (non-hydrogen) atoms. The first kappa shape index (κ1) is 10.1. The van der Waals surface area contributed by atoms with Gasteiger partial charge in [-0.05, 0) is 22.0 Å². The Morgan fingerprint density at radius 2 is 2.23 bits per heavy atom. The van der Waals surface area contributed by atoms with Crippen molar-refractivity contribution in [2.45, 2.75) is 12.2 Å². The summed E-state index contributed by atoms with van der Waals surface area (Å²) in [6.45, 7) is 0. The van der Waals surface area contributed by atoms with Crippen LogP contribution in [0.4, 0.5) is 0 Å². The van der Waals surface area contributed by atoms with Crippen molar-refractivity contribution in [2.24, 2.45) is 0 Å². The van der Waals surface area contributed by atoms with Crippen molar-refractivity contribution < 1.29 is 10.2 Å². The van der Waals surface area contributed by atoms with Crippen LogP contribution in [-0.2, 0) is 0 Å². The Balaban J connectivity index is 2.96. The molecule has 1 heterocycles. The molecule has 0 saturated carbocycles. The highest BCUT2D eigenvalue weighted by molar-refractivity contribution is 9.10.